The standard InChI is InChI=1S/C13H21N3O3/c1-9-11(14)7-10(8-12(9)17)16(18)13(19-15)5-3-2-4-6-13/h7-8,16-17H,2-6,14-15H2,1H3. The largest absolute Gasteiger partial charge is 0.627 e. The fraction of sp³-hybridized carbons (Fsp3) is 0.538. The predicted octanol–water partition coefficient (Wildman–Crippen LogP) is 0.848. The molecule has 19 heavy (non-hydrogen) atoms. The highest BCUT2D eigenvalue weighted by Gasteiger charge is 2.40. The minimum atomic E-state index is -0.966. The molecule has 0 amide bonds. The van der Waals surface area contributed by atoms with Crippen LogP contribution in [0.2, 0.25) is 0 Å². The van der Waals surface area contributed by atoms with Crippen LogP contribution in [0, 0.1) is 12.1 Å². The van der Waals surface area contributed by atoms with Gasteiger partial charge in [0.1, 0.15) is 11.4 Å². The Morgan fingerprint density at radius 1 is 1.32 bits per heavy atom. The van der Waals surface area contributed by atoms with Crippen molar-refractivity contribution in [3.05, 3.63) is 22.9 Å². The van der Waals surface area contributed by atoms with E-state index in [9.17, 15) is 10.3 Å². The van der Waals surface area contributed by atoms with Gasteiger partial charge < -0.3 is 21.1 Å². The second-order valence-electron chi connectivity index (χ2n) is 5.21. The SMILES string of the molecule is Cc1c(N)cc([NH+]([O-])C2(ON)CCCCC2)cc1O. The lowest BCUT2D eigenvalue weighted by Crippen LogP contribution is -3.13. The molecule has 1 aliphatic rings. The van der Waals surface area contributed by atoms with E-state index in [1.54, 1.807) is 13.0 Å². The number of nitrogens with one attached hydrogen (secondary N) is 1. The van der Waals surface area contributed by atoms with Crippen LogP contribution >= 0.6 is 0 Å². The van der Waals surface area contributed by atoms with Crippen LogP contribution in [-0.2, 0) is 4.84 Å². The monoisotopic (exact) mass is 267 g/mol. The molecule has 2 rings (SSSR count). The highest BCUT2D eigenvalue weighted by molar-refractivity contribution is 5.59. The Morgan fingerprint density at radius 2 is 1.95 bits per heavy atom. The van der Waals surface area contributed by atoms with Gasteiger partial charge in [0.05, 0.1) is 0 Å². The normalized spacial score (nSPS) is 20.2. The van der Waals surface area contributed by atoms with Crippen LogP contribution in [0.25, 0.3) is 0 Å². The van der Waals surface area contributed by atoms with Gasteiger partial charge in [0.15, 0.2) is 0 Å². The third-order valence-corrected chi connectivity index (χ3v) is 3.98. The van der Waals surface area contributed by atoms with E-state index < -0.39 is 5.72 Å². The first-order chi connectivity index (χ1) is 9.00. The van der Waals surface area contributed by atoms with Crippen molar-refractivity contribution in [2.24, 2.45) is 5.90 Å². The van der Waals surface area contributed by atoms with Crippen molar-refractivity contribution in [1.82, 2.24) is 0 Å². The summed E-state index contributed by atoms with van der Waals surface area (Å²) in [5.41, 5.74) is 6.14. The van der Waals surface area contributed by atoms with Gasteiger partial charge in [-0.1, -0.05) is 6.42 Å². The number of benzene rings is 1. The van der Waals surface area contributed by atoms with Gasteiger partial charge in [-0.25, -0.2) is 10.7 Å². The summed E-state index contributed by atoms with van der Waals surface area (Å²) in [7, 11) is 0. The van der Waals surface area contributed by atoms with Crippen molar-refractivity contribution in [2.75, 3.05) is 5.73 Å². The molecular weight excluding hydrogens is 246 g/mol. The van der Waals surface area contributed by atoms with Crippen LogP contribution in [0.15, 0.2) is 12.1 Å². The maximum absolute atomic E-state index is 12.6. The van der Waals surface area contributed by atoms with E-state index in [-0.39, 0.29) is 10.8 Å². The molecule has 6 nitrogen and oxygen atoms in total. The second kappa shape index (κ2) is 5.34. The Labute approximate surface area is 112 Å². The highest BCUT2D eigenvalue weighted by Crippen LogP contribution is 2.30. The number of rotatable bonds is 3. The van der Waals surface area contributed by atoms with E-state index >= 15 is 0 Å². The summed E-state index contributed by atoms with van der Waals surface area (Å²) in [5, 5.41) is 22.2. The van der Waals surface area contributed by atoms with E-state index in [0.717, 1.165) is 19.3 Å². The number of hydrogen-bond acceptors (Lipinski definition) is 5. The van der Waals surface area contributed by atoms with Crippen molar-refractivity contribution in [3.63, 3.8) is 0 Å². The molecule has 1 fully saturated rings. The first kappa shape index (κ1) is 14.1. The van der Waals surface area contributed by atoms with Gasteiger partial charge in [0.2, 0.25) is 5.72 Å². The van der Waals surface area contributed by atoms with Gasteiger partial charge in [0, 0.05) is 36.2 Å². The van der Waals surface area contributed by atoms with Crippen molar-refractivity contribution >= 4 is 11.4 Å². The van der Waals surface area contributed by atoms with Crippen LogP contribution in [0.5, 0.6) is 5.75 Å². The molecule has 1 atom stereocenters. The van der Waals surface area contributed by atoms with Crippen molar-refractivity contribution in [1.29, 1.82) is 0 Å². The summed E-state index contributed by atoms with van der Waals surface area (Å²) in [5.74, 6) is 5.39. The Morgan fingerprint density at radius 3 is 2.47 bits per heavy atom. The van der Waals surface area contributed by atoms with Gasteiger partial charge in [-0.3, -0.25) is 0 Å². The number of hydroxylamine groups is 1. The molecule has 0 aliphatic heterocycles. The number of phenols is 1. The number of aromatic hydroxyl groups is 1. The Bertz CT molecular complexity index is 435. The fourth-order valence-corrected chi connectivity index (χ4v) is 2.64. The number of nitrogen functional groups attached to an aromatic ring is 1. The molecule has 0 bridgehead atoms. The molecule has 0 radical (unpaired) electrons. The second-order valence-corrected chi connectivity index (χ2v) is 5.21. The minimum Gasteiger partial charge on any atom is -0.627 e. The van der Waals surface area contributed by atoms with Crippen LogP contribution in [0.4, 0.5) is 11.4 Å². The molecule has 1 unspecified atom stereocenters. The van der Waals surface area contributed by atoms with Gasteiger partial charge in [0.25, 0.3) is 0 Å². The molecule has 6 heteroatoms. The van der Waals surface area contributed by atoms with Crippen LogP contribution in [0.1, 0.15) is 37.7 Å². The van der Waals surface area contributed by atoms with Crippen molar-refractivity contribution in [2.45, 2.75) is 44.8 Å². The van der Waals surface area contributed by atoms with Gasteiger partial charge in [-0.05, 0) is 19.8 Å². The maximum atomic E-state index is 12.6. The minimum absolute atomic E-state index is 0.0198. The van der Waals surface area contributed by atoms with Crippen molar-refractivity contribution in [3.8, 4) is 5.75 Å². The Balaban J connectivity index is 2.34. The number of anilines is 1. The number of nitrogens with two attached hydrogens (primary N) is 2. The van der Waals surface area contributed by atoms with E-state index in [2.05, 4.69) is 0 Å². The zero-order chi connectivity index (χ0) is 14.0. The topological polar surface area (TPSA) is 109 Å². The van der Waals surface area contributed by atoms with E-state index in [1.807, 2.05) is 0 Å². The summed E-state index contributed by atoms with van der Waals surface area (Å²) >= 11 is 0. The molecular formula is C13H21N3O3. The first-order valence-electron chi connectivity index (χ1n) is 6.52. The van der Waals surface area contributed by atoms with E-state index in [4.69, 9.17) is 16.5 Å². The zero-order valence-corrected chi connectivity index (χ0v) is 11.1. The molecule has 1 saturated carbocycles. The van der Waals surface area contributed by atoms with E-state index in [1.165, 1.54) is 6.07 Å². The van der Waals surface area contributed by atoms with Gasteiger partial charge in [-0.15, -0.1) is 0 Å². The molecule has 0 saturated heterocycles. The molecule has 106 valence electrons. The van der Waals surface area contributed by atoms with Gasteiger partial charge in [-0.2, -0.15) is 0 Å². The number of hydrogen-bond donors (Lipinski definition) is 4. The average molecular weight is 267 g/mol. The molecule has 1 aromatic rings. The summed E-state index contributed by atoms with van der Waals surface area (Å²) in [6.45, 7) is 1.70. The summed E-state index contributed by atoms with van der Waals surface area (Å²) in [6, 6.07) is 3.01. The summed E-state index contributed by atoms with van der Waals surface area (Å²) in [4.78, 5) is 5.03. The van der Waals surface area contributed by atoms with Crippen LogP contribution in [-0.4, -0.2) is 10.8 Å². The zero-order valence-electron chi connectivity index (χ0n) is 11.1. The average Bonchev–Trinajstić information content (AvgIpc) is 2.44. The quantitative estimate of drug-likeness (QED) is 0.369. The summed E-state index contributed by atoms with van der Waals surface area (Å²) in [6.07, 6.45) is 4.12. The summed E-state index contributed by atoms with van der Waals surface area (Å²) < 4.78 is 0. The first-order valence-corrected chi connectivity index (χ1v) is 6.52. The molecule has 0 aromatic heterocycles. The lowest BCUT2D eigenvalue weighted by molar-refractivity contribution is -0.878. The molecule has 6 N–H and O–H groups in total. The molecule has 1 aliphatic carbocycles. The van der Waals surface area contributed by atoms with Crippen molar-refractivity contribution < 1.29 is 15.0 Å². The smallest absolute Gasteiger partial charge is 0.223 e. The van der Waals surface area contributed by atoms with Crippen LogP contribution < -0.4 is 16.7 Å². The number of quaternary nitrogens is 1. The third-order valence-electron chi connectivity index (χ3n) is 3.98. The Kier molecular flexibility index (Phi) is 3.96. The molecule has 0 spiro atoms. The van der Waals surface area contributed by atoms with E-state index in [0.29, 0.717) is 29.8 Å². The maximum Gasteiger partial charge on any atom is 0.223 e. The number of phenolic OH excluding ortho intramolecular Hbond substituents is 1. The predicted molar refractivity (Wildman–Crippen MR) is 72.3 cm³/mol. The molecule has 1 aromatic carbocycles. The van der Waals surface area contributed by atoms with Gasteiger partial charge >= 0.3 is 0 Å². The van der Waals surface area contributed by atoms with Crippen LogP contribution in [0.3, 0.4) is 0 Å². The Hall–Kier alpha value is -1.34. The lowest BCUT2D eigenvalue weighted by Gasteiger charge is -2.43. The fourth-order valence-electron chi connectivity index (χ4n) is 2.64. The lowest BCUT2D eigenvalue weighted by atomic mass is 9.91. The highest BCUT2D eigenvalue weighted by atomic mass is 16.7. The molecule has 0 heterocycles. The third kappa shape index (κ3) is 2.52.